The molecule has 1 heterocycles. The molecule has 1 fully saturated rings. The molecular formula is C30H42N4O4. The molecule has 0 unspecified atom stereocenters. The molecule has 3 aliphatic rings. The fourth-order valence-electron chi connectivity index (χ4n) is 6.06. The van der Waals surface area contributed by atoms with Gasteiger partial charge < -0.3 is 10.0 Å². The number of aromatic amines is 1. The van der Waals surface area contributed by atoms with E-state index in [0.717, 1.165) is 25.2 Å². The lowest BCUT2D eigenvalue weighted by molar-refractivity contribution is -0.115. The van der Waals surface area contributed by atoms with Crippen LogP contribution in [0.4, 0.5) is 0 Å². The summed E-state index contributed by atoms with van der Waals surface area (Å²) in [5, 5.41) is 14.5. The molecule has 0 bridgehead atoms. The van der Waals surface area contributed by atoms with Crippen molar-refractivity contribution in [2.75, 3.05) is 13.1 Å². The van der Waals surface area contributed by atoms with E-state index in [4.69, 9.17) is 0 Å². The van der Waals surface area contributed by atoms with Crippen LogP contribution in [0.5, 0.6) is 0 Å². The molecular weight excluding hydrogens is 480 g/mol. The minimum absolute atomic E-state index is 0.0823. The number of carbonyl (C=O) groups is 2. The number of H-pyrrole nitrogens is 1. The lowest BCUT2D eigenvalue weighted by atomic mass is 9.77. The van der Waals surface area contributed by atoms with Gasteiger partial charge >= 0.3 is 0 Å². The predicted molar refractivity (Wildman–Crippen MR) is 150 cm³/mol. The summed E-state index contributed by atoms with van der Waals surface area (Å²) in [5.41, 5.74) is 2.51. The first-order valence-corrected chi connectivity index (χ1v) is 14.1. The number of aliphatic imine (C=N–C) groups is 1. The SMILES string of the molecule is CCN(CC)C1=CC(=NC(C)=O)/C(=C2/C(=O)C(c3c(CCC4CCCC4)[nH]n(C(C)(C)C)c3=O)=C2O)CC1. The van der Waals surface area contributed by atoms with Crippen LogP contribution in [0.2, 0.25) is 0 Å². The van der Waals surface area contributed by atoms with Crippen molar-refractivity contribution < 1.29 is 14.7 Å². The van der Waals surface area contributed by atoms with Crippen molar-refractivity contribution in [1.29, 1.82) is 0 Å². The number of nitrogens with one attached hydrogen (secondary N) is 1. The highest BCUT2D eigenvalue weighted by Gasteiger charge is 2.42. The summed E-state index contributed by atoms with van der Waals surface area (Å²) in [5.74, 6) is -0.257. The number of aliphatic hydroxyl groups is 1. The zero-order valence-corrected chi connectivity index (χ0v) is 23.7. The van der Waals surface area contributed by atoms with Crippen molar-refractivity contribution in [2.45, 2.75) is 98.4 Å². The van der Waals surface area contributed by atoms with Crippen LogP contribution >= 0.6 is 0 Å². The first kappa shape index (κ1) is 27.9. The highest BCUT2D eigenvalue weighted by Crippen LogP contribution is 2.41. The number of hydrogen-bond acceptors (Lipinski definition) is 5. The van der Waals surface area contributed by atoms with Gasteiger partial charge in [-0.3, -0.25) is 19.5 Å². The van der Waals surface area contributed by atoms with Crippen molar-refractivity contribution in [2.24, 2.45) is 10.9 Å². The zero-order valence-electron chi connectivity index (χ0n) is 23.7. The molecule has 0 saturated heterocycles. The normalized spacial score (nSPS) is 21.8. The van der Waals surface area contributed by atoms with E-state index in [1.165, 1.54) is 32.6 Å². The van der Waals surface area contributed by atoms with E-state index in [1.807, 2.05) is 26.8 Å². The molecule has 0 radical (unpaired) electrons. The van der Waals surface area contributed by atoms with Gasteiger partial charge in [0.05, 0.1) is 28.0 Å². The minimum atomic E-state index is -0.502. The monoisotopic (exact) mass is 522 g/mol. The molecule has 0 spiro atoms. The lowest BCUT2D eigenvalue weighted by Crippen LogP contribution is -2.35. The molecule has 38 heavy (non-hydrogen) atoms. The Morgan fingerprint density at radius 2 is 1.79 bits per heavy atom. The maximum absolute atomic E-state index is 13.6. The maximum atomic E-state index is 13.6. The van der Waals surface area contributed by atoms with Crippen LogP contribution in [-0.2, 0) is 21.5 Å². The second-order valence-electron chi connectivity index (χ2n) is 11.7. The van der Waals surface area contributed by atoms with Gasteiger partial charge in [-0.05, 0) is 77.9 Å². The topological polar surface area (TPSA) is 108 Å². The summed E-state index contributed by atoms with van der Waals surface area (Å²) in [7, 11) is 0. The first-order chi connectivity index (χ1) is 18.0. The number of ketones is 1. The second kappa shape index (κ2) is 10.9. The molecule has 1 aromatic heterocycles. The van der Waals surface area contributed by atoms with Crippen LogP contribution in [0.1, 0.15) is 97.7 Å². The first-order valence-electron chi connectivity index (χ1n) is 14.1. The Morgan fingerprint density at radius 1 is 1.13 bits per heavy atom. The molecule has 1 amide bonds. The third-order valence-electron chi connectivity index (χ3n) is 8.08. The van der Waals surface area contributed by atoms with E-state index < -0.39 is 5.54 Å². The zero-order chi connectivity index (χ0) is 27.8. The molecule has 0 aliphatic heterocycles. The Hall–Kier alpha value is -3.16. The molecule has 0 atom stereocenters. The Kier molecular flexibility index (Phi) is 8.00. The summed E-state index contributed by atoms with van der Waals surface area (Å²) in [4.78, 5) is 45.6. The van der Waals surface area contributed by atoms with Crippen LogP contribution in [0, 0.1) is 5.92 Å². The molecule has 4 rings (SSSR count). The van der Waals surface area contributed by atoms with Crippen LogP contribution in [0.15, 0.2) is 38.5 Å². The molecule has 0 aromatic carbocycles. The summed E-state index contributed by atoms with van der Waals surface area (Å²) >= 11 is 0. The minimum Gasteiger partial charge on any atom is -0.506 e. The van der Waals surface area contributed by atoms with Gasteiger partial charge in [-0.2, -0.15) is 0 Å². The smallest absolute Gasteiger partial charge is 0.275 e. The van der Waals surface area contributed by atoms with E-state index in [9.17, 15) is 19.5 Å². The number of aromatic nitrogens is 2. The van der Waals surface area contributed by atoms with Gasteiger partial charge in [0.2, 0.25) is 11.7 Å². The van der Waals surface area contributed by atoms with Crippen molar-refractivity contribution in [3.8, 4) is 0 Å². The van der Waals surface area contributed by atoms with Gasteiger partial charge in [0, 0.05) is 31.4 Å². The quantitative estimate of drug-likeness (QED) is 0.478. The van der Waals surface area contributed by atoms with Crippen molar-refractivity contribution in [1.82, 2.24) is 14.7 Å². The predicted octanol–water partition coefficient (Wildman–Crippen LogP) is 5.21. The molecule has 3 aliphatic carbocycles. The highest BCUT2D eigenvalue weighted by molar-refractivity contribution is 6.41. The highest BCUT2D eigenvalue weighted by atomic mass is 16.3. The third kappa shape index (κ3) is 5.22. The van der Waals surface area contributed by atoms with E-state index in [0.29, 0.717) is 42.2 Å². The largest absolute Gasteiger partial charge is 0.506 e. The summed E-state index contributed by atoms with van der Waals surface area (Å²) in [6.07, 6.45) is 9.51. The Morgan fingerprint density at radius 3 is 2.34 bits per heavy atom. The number of Topliss-reactive ketones (excluding diaryl/α,β-unsaturated/α-hetero) is 1. The number of allylic oxidation sites excluding steroid dienone is 5. The standard InChI is InChI=1S/C30H42N4O4/c1-7-33(8-2)20-14-15-21(23(17-20)31-18(3)35)24-27(36)26(28(24)37)25-22(16-13-19-11-9-10-12-19)32-34(29(25)38)30(4,5)6/h17,19,32,36H,7-16H2,1-6H3/b24-21+,31-23?. The summed E-state index contributed by atoms with van der Waals surface area (Å²) in [6.45, 7) is 13.0. The fourth-order valence-corrected chi connectivity index (χ4v) is 6.06. The van der Waals surface area contributed by atoms with Crippen LogP contribution < -0.4 is 5.56 Å². The van der Waals surface area contributed by atoms with Gasteiger partial charge in [0.15, 0.2) is 0 Å². The average Bonchev–Trinajstić information content (AvgIpc) is 3.48. The number of aliphatic hydroxyl groups excluding tert-OH is 1. The van der Waals surface area contributed by atoms with Gasteiger partial charge in [-0.25, -0.2) is 9.67 Å². The second-order valence-corrected chi connectivity index (χ2v) is 11.7. The van der Waals surface area contributed by atoms with Gasteiger partial charge in [0.1, 0.15) is 5.76 Å². The van der Waals surface area contributed by atoms with Crippen LogP contribution in [0.3, 0.4) is 0 Å². The maximum Gasteiger partial charge on any atom is 0.275 e. The van der Waals surface area contributed by atoms with Crippen LogP contribution in [0.25, 0.3) is 5.57 Å². The number of amides is 1. The number of rotatable bonds is 7. The Labute approximate surface area is 225 Å². The number of nitrogens with zero attached hydrogens (tertiary/aromatic N) is 3. The number of hydrogen-bond donors (Lipinski definition) is 2. The molecule has 1 saturated carbocycles. The third-order valence-corrected chi connectivity index (χ3v) is 8.08. The van der Waals surface area contributed by atoms with E-state index in [2.05, 4.69) is 28.8 Å². The van der Waals surface area contributed by atoms with E-state index in [1.54, 1.807) is 4.68 Å². The molecule has 1 aromatic rings. The fraction of sp³-hybridized carbons (Fsp3) is 0.600. The Balaban J connectivity index is 1.79. The lowest BCUT2D eigenvalue weighted by Gasteiger charge is -2.31. The van der Waals surface area contributed by atoms with Crippen molar-refractivity contribution in [3.63, 3.8) is 0 Å². The summed E-state index contributed by atoms with van der Waals surface area (Å²) < 4.78 is 1.56. The average molecular weight is 523 g/mol. The van der Waals surface area contributed by atoms with E-state index in [-0.39, 0.29) is 39.7 Å². The van der Waals surface area contributed by atoms with Crippen molar-refractivity contribution in [3.05, 3.63) is 50.3 Å². The van der Waals surface area contributed by atoms with Gasteiger partial charge in [-0.1, -0.05) is 25.7 Å². The molecule has 2 N–H and O–H groups in total. The van der Waals surface area contributed by atoms with Crippen LogP contribution in [-0.4, -0.2) is 50.3 Å². The molecule has 8 nitrogen and oxygen atoms in total. The summed E-state index contributed by atoms with van der Waals surface area (Å²) in [6, 6.07) is 0. The number of carbonyl (C=O) groups excluding carboxylic acids is 2. The number of aryl methyl sites for hydroxylation is 1. The van der Waals surface area contributed by atoms with Gasteiger partial charge in [-0.15, -0.1) is 0 Å². The van der Waals surface area contributed by atoms with Gasteiger partial charge in [0.25, 0.3) is 5.56 Å². The molecule has 206 valence electrons. The molecule has 8 heteroatoms. The Bertz CT molecular complexity index is 1300. The van der Waals surface area contributed by atoms with E-state index >= 15 is 0 Å². The van der Waals surface area contributed by atoms with Crippen molar-refractivity contribution >= 4 is 23.0 Å².